The summed E-state index contributed by atoms with van der Waals surface area (Å²) in [6, 6.07) is 0. The molecule has 7 nitrogen and oxygen atoms in total. The lowest BCUT2D eigenvalue weighted by Crippen LogP contribution is -2.36. The molecule has 1 atom stereocenters. The van der Waals surface area contributed by atoms with Crippen molar-refractivity contribution in [3.63, 3.8) is 0 Å². The van der Waals surface area contributed by atoms with Gasteiger partial charge in [-0.15, -0.1) is 0 Å². The molecule has 3 rings (SSSR count). The van der Waals surface area contributed by atoms with Gasteiger partial charge < -0.3 is 4.52 Å². The van der Waals surface area contributed by atoms with Crippen LogP contribution in [0.15, 0.2) is 17.2 Å². The van der Waals surface area contributed by atoms with E-state index >= 15 is 0 Å². The highest BCUT2D eigenvalue weighted by Gasteiger charge is 2.22. The largest absolute Gasteiger partial charge is 0.339 e. The van der Waals surface area contributed by atoms with Crippen molar-refractivity contribution < 1.29 is 4.52 Å². The molecule has 22 heavy (non-hydrogen) atoms. The van der Waals surface area contributed by atoms with E-state index in [0.29, 0.717) is 11.8 Å². The summed E-state index contributed by atoms with van der Waals surface area (Å²) in [5.41, 5.74) is 0. The minimum Gasteiger partial charge on any atom is -0.339 e. The van der Waals surface area contributed by atoms with Gasteiger partial charge in [0.2, 0.25) is 5.89 Å². The molecule has 120 valence electrons. The third-order valence-electron chi connectivity index (χ3n) is 3.97. The molecule has 0 spiro atoms. The van der Waals surface area contributed by atoms with Crippen molar-refractivity contribution in [3.8, 4) is 0 Å². The standard InChI is InChI=1S/C15H24N6O/c1-12(2)6-15-18-14(19-22-15)9-20-5-3-4-13(7-20)8-21-11-16-10-17-21/h10-13H,3-9H2,1-2H3/t13-/m1/s1. The van der Waals surface area contributed by atoms with Crippen molar-refractivity contribution >= 4 is 0 Å². The molecular formula is C15H24N6O. The lowest BCUT2D eigenvalue weighted by Gasteiger charge is -2.31. The zero-order valence-corrected chi connectivity index (χ0v) is 13.4. The number of hydrogen-bond donors (Lipinski definition) is 0. The molecule has 2 aromatic rings. The van der Waals surface area contributed by atoms with E-state index in [0.717, 1.165) is 44.3 Å². The minimum atomic E-state index is 0.537. The van der Waals surface area contributed by atoms with E-state index in [2.05, 4.69) is 39.0 Å². The van der Waals surface area contributed by atoms with Crippen molar-refractivity contribution in [3.05, 3.63) is 24.4 Å². The van der Waals surface area contributed by atoms with Crippen molar-refractivity contribution in [1.29, 1.82) is 0 Å². The highest BCUT2D eigenvalue weighted by molar-refractivity contribution is 4.88. The number of nitrogens with zero attached hydrogens (tertiary/aromatic N) is 6. The Balaban J connectivity index is 1.52. The van der Waals surface area contributed by atoms with Crippen LogP contribution in [0.1, 0.15) is 38.4 Å². The van der Waals surface area contributed by atoms with Crippen LogP contribution in [0.4, 0.5) is 0 Å². The topological polar surface area (TPSA) is 72.9 Å². The molecule has 0 aliphatic carbocycles. The Morgan fingerprint density at radius 3 is 3.09 bits per heavy atom. The van der Waals surface area contributed by atoms with Gasteiger partial charge in [-0.2, -0.15) is 10.1 Å². The van der Waals surface area contributed by atoms with Crippen LogP contribution in [0.2, 0.25) is 0 Å². The molecule has 0 bridgehead atoms. The summed E-state index contributed by atoms with van der Waals surface area (Å²) in [6.07, 6.45) is 6.67. The predicted molar refractivity (Wildman–Crippen MR) is 80.9 cm³/mol. The maximum Gasteiger partial charge on any atom is 0.226 e. The van der Waals surface area contributed by atoms with Crippen molar-refractivity contribution in [1.82, 2.24) is 29.8 Å². The normalized spacial score (nSPS) is 19.9. The first-order chi connectivity index (χ1) is 10.7. The third kappa shape index (κ3) is 4.13. The van der Waals surface area contributed by atoms with E-state index in [-0.39, 0.29) is 0 Å². The Labute approximate surface area is 130 Å². The zero-order valence-electron chi connectivity index (χ0n) is 13.4. The molecule has 1 fully saturated rings. The second-order valence-corrected chi connectivity index (χ2v) is 6.56. The fraction of sp³-hybridized carbons (Fsp3) is 0.733. The molecule has 7 heteroatoms. The molecular weight excluding hydrogens is 280 g/mol. The van der Waals surface area contributed by atoms with E-state index in [1.165, 1.54) is 12.8 Å². The second kappa shape index (κ2) is 7.00. The Morgan fingerprint density at radius 2 is 2.32 bits per heavy atom. The maximum absolute atomic E-state index is 5.32. The molecule has 0 amide bonds. The molecule has 1 saturated heterocycles. The predicted octanol–water partition coefficient (Wildman–Crippen LogP) is 1.77. The Kier molecular flexibility index (Phi) is 4.82. The molecule has 1 aliphatic heterocycles. The number of piperidine rings is 1. The molecule has 0 unspecified atom stereocenters. The van der Waals surface area contributed by atoms with Gasteiger partial charge in [-0.3, -0.25) is 9.58 Å². The first-order valence-electron chi connectivity index (χ1n) is 8.05. The number of rotatable bonds is 6. The molecule has 3 heterocycles. The second-order valence-electron chi connectivity index (χ2n) is 6.56. The van der Waals surface area contributed by atoms with Gasteiger partial charge in [0.25, 0.3) is 0 Å². The molecule has 0 radical (unpaired) electrons. The fourth-order valence-corrected chi connectivity index (χ4v) is 3.02. The van der Waals surface area contributed by atoms with Crippen molar-refractivity contribution in [2.75, 3.05) is 13.1 Å². The van der Waals surface area contributed by atoms with Gasteiger partial charge >= 0.3 is 0 Å². The highest BCUT2D eigenvalue weighted by atomic mass is 16.5. The van der Waals surface area contributed by atoms with Gasteiger partial charge in [-0.1, -0.05) is 19.0 Å². The lowest BCUT2D eigenvalue weighted by molar-refractivity contribution is 0.149. The van der Waals surface area contributed by atoms with Crippen LogP contribution >= 0.6 is 0 Å². The minimum absolute atomic E-state index is 0.537. The lowest BCUT2D eigenvalue weighted by atomic mass is 9.98. The van der Waals surface area contributed by atoms with Crippen LogP contribution in [0.3, 0.4) is 0 Å². The number of likely N-dealkylation sites (tertiary alicyclic amines) is 1. The van der Waals surface area contributed by atoms with Crippen molar-refractivity contribution in [2.24, 2.45) is 11.8 Å². The van der Waals surface area contributed by atoms with E-state index in [1.54, 1.807) is 12.7 Å². The first-order valence-corrected chi connectivity index (χ1v) is 8.05. The zero-order chi connectivity index (χ0) is 15.4. The summed E-state index contributed by atoms with van der Waals surface area (Å²) in [4.78, 5) is 10.9. The quantitative estimate of drug-likeness (QED) is 0.810. The van der Waals surface area contributed by atoms with Crippen LogP contribution in [0.25, 0.3) is 0 Å². The van der Waals surface area contributed by atoms with Crippen LogP contribution in [-0.2, 0) is 19.5 Å². The van der Waals surface area contributed by atoms with Gasteiger partial charge in [-0.05, 0) is 31.2 Å². The Morgan fingerprint density at radius 1 is 1.41 bits per heavy atom. The van der Waals surface area contributed by atoms with Gasteiger partial charge in [0.1, 0.15) is 12.7 Å². The highest BCUT2D eigenvalue weighted by Crippen LogP contribution is 2.19. The summed E-state index contributed by atoms with van der Waals surface area (Å²) in [6.45, 7) is 8.17. The van der Waals surface area contributed by atoms with Crippen LogP contribution in [0.5, 0.6) is 0 Å². The summed E-state index contributed by atoms with van der Waals surface area (Å²) in [5.74, 6) is 2.70. The number of hydrogen-bond acceptors (Lipinski definition) is 6. The van der Waals surface area contributed by atoms with E-state index in [1.807, 2.05) is 4.68 Å². The third-order valence-corrected chi connectivity index (χ3v) is 3.97. The van der Waals surface area contributed by atoms with Gasteiger partial charge in [0.05, 0.1) is 6.54 Å². The average molecular weight is 304 g/mol. The molecule has 0 N–H and O–H groups in total. The van der Waals surface area contributed by atoms with E-state index in [9.17, 15) is 0 Å². The van der Waals surface area contributed by atoms with Crippen LogP contribution < -0.4 is 0 Å². The fourth-order valence-electron chi connectivity index (χ4n) is 3.02. The molecule has 1 aliphatic rings. The number of aromatic nitrogens is 5. The summed E-state index contributed by atoms with van der Waals surface area (Å²) in [7, 11) is 0. The van der Waals surface area contributed by atoms with Gasteiger partial charge in [0.15, 0.2) is 5.82 Å². The van der Waals surface area contributed by atoms with Gasteiger partial charge in [-0.25, -0.2) is 4.98 Å². The van der Waals surface area contributed by atoms with Crippen LogP contribution in [0, 0.1) is 11.8 Å². The molecule has 2 aromatic heterocycles. The van der Waals surface area contributed by atoms with Crippen molar-refractivity contribution in [2.45, 2.75) is 46.2 Å². The molecule has 0 saturated carbocycles. The summed E-state index contributed by atoms with van der Waals surface area (Å²) in [5, 5.41) is 8.31. The molecule has 0 aromatic carbocycles. The van der Waals surface area contributed by atoms with E-state index < -0.39 is 0 Å². The summed E-state index contributed by atoms with van der Waals surface area (Å²) < 4.78 is 7.24. The smallest absolute Gasteiger partial charge is 0.226 e. The monoisotopic (exact) mass is 304 g/mol. The summed E-state index contributed by atoms with van der Waals surface area (Å²) >= 11 is 0. The first kappa shape index (κ1) is 15.1. The Bertz CT molecular complexity index is 564. The van der Waals surface area contributed by atoms with Gasteiger partial charge in [0, 0.05) is 19.5 Å². The van der Waals surface area contributed by atoms with Crippen LogP contribution in [-0.4, -0.2) is 42.9 Å². The average Bonchev–Trinajstić information content (AvgIpc) is 3.11. The van der Waals surface area contributed by atoms with E-state index in [4.69, 9.17) is 4.52 Å². The SMILES string of the molecule is CC(C)Cc1nc(CN2CCC[C@@H](Cn3cncn3)C2)no1. The Hall–Kier alpha value is -1.76. The maximum atomic E-state index is 5.32.